The van der Waals surface area contributed by atoms with Gasteiger partial charge >= 0.3 is 0 Å². The van der Waals surface area contributed by atoms with Gasteiger partial charge in [-0.1, -0.05) is 0 Å². The number of amides is 1. The number of likely N-dealkylation sites (tertiary alicyclic amines) is 1. The molecule has 0 atom stereocenters. The maximum absolute atomic E-state index is 12.8. The van der Waals surface area contributed by atoms with Crippen LogP contribution in [0, 0.1) is 0 Å². The fourth-order valence-electron chi connectivity index (χ4n) is 3.39. The molecule has 7 heteroatoms. The number of pyridine rings is 1. The summed E-state index contributed by atoms with van der Waals surface area (Å²) in [5.41, 5.74) is 1.08. The Morgan fingerprint density at radius 1 is 1.24 bits per heavy atom. The van der Waals surface area contributed by atoms with Gasteiger partial charge in [0.05, 0.1) is 0 Å². The molecule has 6 nitrogen and oxygen atoms in total. The molecule has 1 saturated heterocycles. The molecule has 0 aromatic carbocycles. The molecule has 0 spiro atoms. The first-order valence-electron chi connectivity index (χ1n) is 8.46. The third kappa shape index (κ3) is 3.04. The number of rotatable bonds is 2. The van der Waals surface area contributed by atoms with Gasteiger partial charge in [-0.05, 0) is 30.4 Å². The summed E-state index contributed by atoms with van der Waals surface area (Å²) >= 11 is 1.38. The lowest BCUT2D eigenvalue weighted by Crippen LogP contribution is -2.38. The smallest absolute Gasteiger partial charge is 0.267 e. The molecule has 4 rings (SSSR count). The van der Waals surface area contributed by atoms with Crippen molar-refractivity contribution in [2.75, 3.05) is 26.3 Å². The van der Waals surface area contributed by atoms with Gasteiger partial charge in [0.2, 0.25) is 0 Å². The van der Waals surface area contributed by atoms with Crippen LogP contribution in [0.15, 0.2) is 28.5 Å². The van der Waals surface area contributed by atoms with Gasteiger partial charge in [0, 0.05) is 37.8 Å². The molecule has 2 aliphatic rings. The molecule has 0 N–H and O–H groups in total. The molecule has 0 radical (unpaired) electrons. The predicted molar refractivity (Wildman–Crippen MR) is 94.9 cm³/mol. The first kappa shape index (κ1) is 16.2. The predicted octanol–water partition coefficient (Wildman–Crippen LogP) is 2.24. The standard InChI is InChI=1S/C18H20N2O4S/c1-19-5-2-13(10-15(19)21)12-3-6-20(7-4-12)18(22)17-16-14(11-25-17)23-8-9-24-16/h2,5,10-12H,3-4,6-9H2,1H3. The number of carbonyl (C=O) groups is 1. The van der Waals surface area contributed by atoms with E-state index in [1.807, 2.05) is 22.5 Å². The average Bonchev–Trinajstić information content (AvgIpc) is 3.08. The molecule has 0 aliphatic carbocycles. The summed E-state index contributed by atoms with van der Waals surface area (Å²) in [6, 6.07) is 3.72. The minimum absolute atomic E-state index is 0.0124. The van der Waals surface area contributed by atoms with Crippen LogP contribution in [0.3, 0.4) is 0 Å². The molecule has 0 unspecified atom stereocenters. The van der Waals surface area contributed by atoms with Crippen LogP contribution in [0.1, 0.15) is 34.0 Å². The van der Waals surface area contributed by atoms with Gasteiger partial charge < -0.3 is 18.9 Å². The van der Waals surface area contributed by atoms with E-state index in [1.54, 1.807) is 17.7 Å². The van der Waals surface area contributed by atoms with Crippen molar-refractivity contribution in [2.45, 2.75) is 18.8 Å². The SMILES string of the molecule is Cn1ccc(C2CCN(C(=O)c3scc4c3OCCO4)CC2)cc1=O. The maximum Gasteiger partial charge on any atom is 0.267 e. The van der Waals surface area contributed by atoms with Crippen molar-refractivity contribution in [1.82, 2.24) is 9.47 Å². The van der Waals surface area contributed by atoms with Crippen LogP contribution >= 0.6 is 11.3 Å². The number of ether oxygens (including phenoxy) is 2. The number of hydrogen-bond donors (Lipinski definition) is 0. The Bertz CT molecular complexity index is 849. The van der Waals surface area contributed by atoms with Crippen molar-refractivity contribution < 1.29 is 14.3 Å². The summed E-state index contributed by atoms with van der Waals surface area (Å²) in [6.07, 6.45) is 3.54. The van der Waals surface area contributed by atoms with Gasteiger partial charge in [0.1, 0.15) is 18.1 Å². The fourth-order valence-corrected chi connectivity index (χ4v) is 4.28. The average molecular weight is 360 g/mol. The van der Waals surface area contributed by atoms with Gasteiger partial charge in [-0.15, -0.1) is 11.3 Å². The number of fused-ring (bicyclic) bond motifs is 1. The molecule has 1 amide bonds. The molecule has 2 aromatic heterocycles. The Morgan fingerprint density at radius 2 is 2.00 bits per heavy atom. The van der Waals surface area contributed by atoms with E-state index >= 15 is 0 Å². The number of aromatic nitrogens is 1. The van der Waals surface area contributed by atoms with Crippen LogP contribution < -0.4 is 15.0 Å². The zero-order valence-electron chi connectivity index (χ0n) is 14.1. The van der Waals surface area contributed by atoms with E-state index in [1.165, 1.54) is 11.3 Å². The summed E-state index contributed by atoms with van der Waals surface area (Å²) in [4.78, 5) is 27.1. The van der Waals surface area contributed by atoms with Gasteiger partial charge in [0.25, 0.3) is 11.5 Å². The first-order valence-corrected chi connectivity index (χ1v) is 9.34. The van der Waals surface area contributed by atoms with Gasteiger partial charge in [-0.2, -0.15) is 0 Å². The number of carbonyl (C=O) groups excluding carboxylic acids is 1. The second-order valence-electron chi connectivity index (χ2n) is 6.43. The third-order valence-electron chi connectivity index (χ3n) is 4.88. The molecule has 1 fully saturated rings. The zero-order chi connectivity index (χ0) is 17.4. The lowest BCUT2D eigenvalue weighted by atomic mass is 9.90. The van der Waals surface area contributed by atoms with E-state index < -0.39 is 0 Å². The van der Waals surface area contributed by atoms with Crippen LogP contribution in [-0.2, 0) is 7.05 Å². The third-order valence-corrected chi connectivity index (χ3v) is 5.80. The number of thiophene rings is 1. The number of hydrogen-bond acceptors (Lipinski definition) is 5. The van der Waals surface area contributed by atoms with Crippen LogP contribution in [0.4, 0.5) is 0 Å². The molecule has 132 valence electrons. The lowest BCUT2D eigenvalue weighted by Gasteiger charge is -2.32. The second kappa shape index (κ2) is 6.55. The van der Waals surface area contributed by atoms with E-state index in [9.17, 15) is 9.59 Å². The Kier molecular flexibility index (Phi) is 4.25. The summed E-state index contributed by atoms with van der Waals surface area (Å²) in [7, 11) is 1.75. The molecular formula is C18H20N2O4S. The fraction of sp³-hybridized carbons (Fsp3) is 0.444. The lowest BCUT2D eigenvalue weighted by molar-refractivity contribution is 0.0709. The Hall–Kier alpha value is -2.28. The van der Waals surface area contributed by atoms with Crippen LogP contribution in [0.25, 0.3) is 0 Å². The van der Waals surface area contributed by atoms with E-state index in [4.69, 9.17) is 9.47 Å². The number of piperidine rings is 1. The summed E-state index contributed by atoms with van der Waals surface area (Å²) in [5.74, 6) is 1.61. The van der Waals surface area contributed by atoms with E-state index in [0.717, 1.165) is 18.4 Å². The molecule has 4 heterocycles. The topological polar surface area (TPSA) is 60.8 Å². The minimum atomic E-state index is 0.0124. The molecule has 2 aliphatic heterocycles. The monoisotopic (exact) mass is 360 g/mol. The minimum Gasteiger partial charge on any atom is -0.485 e. The second-order valence-corrected chi connectivity index (χ2v) is 7.31. The van der Waals surface area contributed by atoms with Crippen LogP contribution in [0.5, 0.6) is 11.5 Å². The van der Waals surface area contributed by atoms with Gasteiger partial charge in [0.15, 0.2) is 11.5 Å². The Morgan fingerprint density at radius 3 is 2.76 bits per heavy atom. The first-order chi connectivity index (χ1) is 12.1. The van der Waals surface area contributed by atoms with Gasteiger partial charge in [-0.25, -0.2) is 0 Å². The zero-order valence-corrected chi connectivity index (χ0v) is 14.9. The molecule has 25 heavy (non-hydrogen) atoms. The number of aryl methyl sites for hydroxylation is 1. The van der Waals surface area contributed by atoms with Crippen molar-refractivity contribution in [3.05, 3.63) is 44.5 Å². The quantitative estimate of drug-likeness (QED) is 0.824. The highest BCUT2D eigenvalue weighted by Crippen LogP contribution is 2.40. The highest BCUT2D eigenvalue weighted by Gasteiger charge is 2.30. The summed E-state index contributed by atoms with van der Waals surface area (Å²) < 4.78 is 12.7. The Labute approximate surface area is 149 Å². The van der Waals surface area contributed by atoms with E-state index in [0.29, 0.717) is 48.6 Å². The molecule has 0 saturated carbocycles. The van der Waals surface area contributed by atoms with E-state index in [2.05, 4.69) is 0 Å². The van der Waals surface area contributed by atoms with Crippen molar-refractivity contribution in [2.24, 2.45) is 7.05 Å². The highest BCUT2D eigenvalue weighted by atomic mass is 32.1. The van der Waals surface area contributed by atoms with Crippen LogP contribution in [-0.4, -0.2) is 41.7 Å². The molecule has 2 aromatic rings. The summed E-state index contributed by atoms with van der Waals surface area (Å²) in [6.45, 7) is 2.38. The Balaban J connectivity index is 1.45. The van der Waals surface area contributed by atoms with Crippen molar-refractivity contribution in [1.29, 1.82) is 0 Å². The molecular weight excluding hydrogens is 340 g/mol. The van der Waals surface area contributed by atoms with Gasteiger partial charge in [-0.3, -0.25) is 9.59 Å². The number of nitrogens with zero attached hydrogens (tertiary/aromatic N) is 2. The highest BCUT2D eigenvalue weighted by molar-refractivity contribution is 7.12. The molecule has 0 bridgehead atoms. The normalized spacial score (nSPS) is 17.6. The van der Waals surface area contributed by atoms with Crippen molar-refractivity contribution >= 4 is 17.2 Å². The largest absolute Gasteiger partial charge is 0.485 e. The van der Waals surface area contributed by atoms with E-state index in [-0.39, 0.29) is 11.5 Å². The maximum atomic E-state index is 12.8. The van der Waals surface area contributed by atoms with Crippen molar-refractivity contribution in [3.8, 4) is 11.5 Å². The van der Waals surface area contributed by atoms with Crippen molar-refractivity contribution in [3.63, 3.8) is 0 Å². The van der Waals surface area contributed by atoms with Crippen LogP contribution in [0.2, 0.25) is 0 Å². The summed E-state index contributed by atoms with van der Waals surface area (Å²) in [5, 5.41) is 1.84.